The summed E-state index contributed by atoms with van der Waals surface area (Å²) in [5.41, 5.74) is 0. The Morgan fingerprint density at radius 1 is 0.933 bits per heavy atom. The summed E-state index contributed by atoms with van der Waals surface area (Å²) >= 11 is 0. The second kappa shape index (κ2) is 23.0. The van der Waals surface area contributed by atoms with Crippen molar-refractivity contribution in [3.05, 3.63) is 36.4 Å². The van der Waals surface area contributed by atoms with Crippen LogP contribution >= 0.6 is 0 Å². The normalized spacial score (nSPS) is 6.53. The second-order valence-electron chi connectivity index (χ2n) is 2.38. The number of carbonyl (C=O) groups is 1. The smallest absolute Gasteiger partial charge is 0.126 e. The average molecular weight is 214 g/mol. The van der Waals surface area contributed by atoms with Gasteiger partial charge in [-0.1, -0.05) is 36.4 Å². The first kappa shape index (κ1) is 19.4. The molecule has 1 aromatic carbocycles. The summed E-state index contributed by atoms with van der Waals surface area (Å²) in [6, 6.07) is 12.0. The first-order valence-electron chi connectivity index (χ1n) is 4.67. The molecule has 0 heterocycles. The Kier molecular flexibility index (Phi) is 29.8. The highest BCUT2D eigenvalue weighted by atomic mass is 16.2. The third kappa shape index (κ3) is 64.7. The molecule has 0 aliphatic heterocycles. The summed E-state index contributed by atoms with van der Waals surface area (Å²) in [4.78, 5) is 9.44. The molecule has 0 bridgehead atoms. The molecule has 0 aliphatic rings. The van der Waals surface area contributed by atoms with E-state index in [1.165, 1.54) is 13.8 Å². The molecule has 0 atom stereocenters. The van der Waals surface area contributed by atoms with Crippen molar-refractivity contribution in [2.75, 3.05) is 13.7 Å². The van der Waals surface area contributed by atoms with Crippen LogP contribution in [0, 0.1) is 0 Å². The number of benzene rings is 1. The summed E-state index contributed by atoms with van der Waals surface area (Å²) in [7, 11) is 1.00. The van der Waals surface area contributed by atoms with Crippen LogP contribution in [0.2, 0.25) is 0 Å². The number of carbonyl (C=O) groups excluding carboxylic acids is 1. The molecule has 3 nitrogen and oxygen atoms in total. The maximum atomic E-state index is 9.44. The molecule has 1 rings (SSSR count). The van der Waals surface area contributed by atoms with Crippen molar-refractivity contribution in [2.45, 2.75) is 20.8 Å². The molecule has 1 aromatic rings. The van der Waals surface area contributed by atoms with Gasteiger partial charge < -0.3 is 15.0 Å². The fraction of sp³-hybridized carbons (Fsp3) is 0.417. The van der Waals surface area contributed by atoms with Crippen LogP contribution in [-0.2, 0) is 4.79 Å². The molecule has 0 amide bonds. The van der Waals surface area contributed by atoms with Crippen LogP contribution in [0.25, 0.3) is 0 Å². The van der Waals surface area contributed by atoms with Crippen LogP contribution in [0.5, 0.6) is 0 Å². The number of hydrogen-bond donors (Lipinski definition) is 2. The van der Waals surface area contributed by atoms with E-state index < -0.39 is 0 Å². The number of aliphatic hydroxyl groups excluding tert-OH is 2. The lowest BCUT2D eigenvalue weighted by atomic mass is 10.4. The van der Waals surface area contributed by atoms with Gasteiger partial charge in [-0.25, -0.2) is 0 Å². The Morgan fingerprint density at radius 3 is 1.07 bits per heavy atom. The van der Waals surface area contributed by atoms with Crippen molar-refractivity contribution < 1.29 is 15.0 Å². The molecule has 15 heavy (non-hydrogen) atoms. The molecule has 2 N–H and O–H groups in total. The molecule has 0 unspecified atom stereocenters. The van der Waals surface area contributed by atoms with Crippen molar-refractivity contribution in [1.29, 1.82) is 0 Å². The van der Waals surface area contributed by atoms with Gasteiger partial charge in [0, 0.05) is 13.7 Å². The van der Waals surface area contributed by atoms with E-state index in [1.807, 2.05) is 36.4 Å². The average Bonchev–Trinajstić information content (AvgIpc) is 2.24. The first-order chi connectivity index (χ1) is 7.15. The van der Waals surface area contributed by atoms with E-state index >= 15 is 0 Å². The molecule has 0 radical (unpaired) electrons. The van der Waals surface area contributed by atoms with Crippen LogP contribution in [0.1, 0.15) is 20.8 Å². The fourth-order valence-electron chi connectivity index (χ4n) is 0.385. The quantitative estimate of drug-likeness (QED) is 0.693. The van der Waals surface area contributed by atoms with E-state index in [2.05, 4.69) is 0 Å². The van der Waals surface area contributed by atoms with Gasteiger partial charge in [-0.15, -0.1) is 0 Å². The van der Waals surface area contributed by atoms with E-state index in [-0.39, 0.29) is 12.4 Å². The minimum atomic E-state index is 0.167. The summed E-state index contributed by atoms with van der Waals surface area (Å²) in [5, 5.41) is 14.6. The zero-order valence-corrected chi connectivity index (χ0v) is 9.97. The topological polar surface area (TPSA) is 57.5 Å². The van der Waals surface area contributed by atoms with Crippen molar-refractivity contribution in [1.82, 2.24) is 0 Å². The van der Waals surface area contributed by atoms with Gasteiger partial charge in [0.2, 0.25) is 0 Å². The number of hydrogen-bond acceptors (Lipinski definition) is 3. The minimum absolute atomic E-state index is 0.167. The molecular formula is C12H22O3. The highest BCUT2D eigenvalue weighted by Gasteiger charge is 1.62. The third-order valence-corrected chi connectivity index (χ3v) is 0.667. The molecule has 3 heteroatoms. The summed E-state index contributed by atoms with van der Waals surface area (Å²) < 4.78 is 0. The molecule has 0 spiro atoms. The van der Waals surface area contributed by atoms with Gasteiger partial charge in [-0.3, -0.25) is 0 Å². The Morgan fingerprint density at radius 2 is 1.00 bits per heavy atom. The van der Waals surface area contributed by atoms with E-state index in [4.69, 9.17) is 10.2 Å². The summed E-state index contributed by atoms with van der Waals surface area (Å²) in [5.74, 6) is 0.167. The Labute approximate surface area is 92.4 Å². The van der Waals surface area contributed by atoms with Crippen molar-refractivity contribution in [3.8, 4) is 0 Å². The van der Waals surface area contributed by atoms with Gasteiger partial charge in [0.05, 0.1) is 0 Å². The second-order valence-corrected chi connectivity index (χ2v) is 2.38. The highest BCUT2D eigenvalue weighted by molar-refractivity contribution is 5.72. The molecule has 0 fully saturated rings. The van der Waals surface area contributed by atoms with Gasteiger partial charge in [0.15, 0.2) is 0 Å². The number of Topliss-reactive ketones (excluding diaryl/α,β-unsaturated/α-hetero) is 1. The zero-order chi connectivity index (χ0) is 12.5. The molecule has 0 saturated heterocycles. The highest BCUT2D eigenvalue weighted by Crippen LogP contribution is 1.79. The Hall–Kier alpha value is -1.19. The van der Waals surface area contributed by atoms with Crippen molar-refractivity contribution in [3.63, 3.8) is 0 Å². The van der Waals surface area contributed by atoms with E-state index in [0.29, 0.717) is 0 Å². The SMILES string of the molecule is CC(C)=O.CCO.CO.c1ccccc1. The maximum absolute atomic E-state index is 9.44. The van der Waals surface area contributed by atoms with Gasteiger partial charge in [-0.2, -0.15) is 0 Å². The lowest BCUT2D eigenvalue weighted by Crippen LogP contribution is -1.69. The maximum Gasteiger partial charge on any atom is 0.126 e. The lowest BCUT2D eigenvalue weighted by molar-refractivity contribution is -0.114. The van der Waals surface area contributed by atoms with E-state index in [0.717, 1.165) is 7.11 Å². The number of rotatable bonds is 0. The minimum Gasteiger partial charge on any atom is -0.400 e. The van der Waals surface area contributed by atoms with Gasteiger partial charge >= 0.3 is 0 Å². The summed E-state index contributed by atoms with van der Waals surface area (Å²) in [6.07, 6.45) is 0. The van der Waals surface area contributed by atoms with Crippen LogP contribution in [0.3, 0.4) is 0 Å². The predicted octanol–water partition coefficient (Wildman–Crippen LogP) is 1.89. The van der Waals surface area contributed by atoms with E-state index in [1.54, 1.807) is 6.92 Å². The zero-order valence-electron chi connectivity index (χ0n) is 9.97. The lowest BCUT2D eigenvalue weighted by Gasteiger charge is -1.69. The van der Waals surface area contributed by atoms with Crippen LogP contribution in [0.4, 0.5) is 0 Å². The first-order valence-corrected chi connectivity index (χ1v) is 4.67. The molecule has 88 valence electrons. The fourth-order valence-corrected chi connectivity index (χ4v) is 0.385. The van der Waals surface area contributed by atoms with Crippen LogP contribution in [-0.4, -0.2) is 29.7 Å². The van der Waals surface area contributed by atoms with Gasteiger partial charge in [0.25, 0.3) is 0 Å². The molecule has 0 saturated carbocycles. The third-order valence-electron chi connectivity index (χ3n) is 0.667. The number of ketones is 1. The number of aliphatic hydroxyl groups is 2. The van der Waals surface area contributed by atoms with Gasteiger partial charge in [-0.05, 0) is 20.8 Å². The molecule has 0 aromatic heterocycles. The largest absolute Gasteiger partial charge is 0.400 e. The van der Waals surface area contributed by atoms with Crippen LogP contribution < -0.4 is 0 Å². The standard InChI is InChI=1S/C6H6.C3H6O.C2H6O.CH4O/c1-2-4-6-5-3-1;1-3(2)4;1-2-3;1-2/h1-6H;1-2H3;3H,2H2,1H3;2H,1H3. The van der Waals surface area contributed by atoms with Gasteiger partial charge in [0.1, 0.15) is 5.78 Å². The summed E-state index contributed by atoms with van der Waals surface area (Å²) in [6.45, 7) is 4.99. The van der Waals surface area contributed by atoms with Crippen LogP contribution in [0.15, 0.2) is 36.4 Å². The predicted molar refractivity (Wildman–Crippen MR) is 63.7 cm³/mol. The van der Waals surface area contributed by atoms with E-state index in [9.17, 15) is 4.79 Å². The molecule has 0 aliphatic carbocycles. The monoisotopic (exact) mass is 214 g/mol. The Balaban J connectivity index is -0.000000142. The Bertz CT molecular complexity index is 155. The van der Waals surface area contributed by atoms with Crippen molar-refractivity contribution in [2.24, 2.45) is 0 Å². The molecular weight excluding hydrogens is 192 g/mol. The van der Waals surface area contributed by atoms with Crippen molar-refractivity contribution >= 4 is 5.78 Å².